The van der Waals surface area contributed by atoms with E-state index in [2.05, 4.69) is 38.6 Å². The predicted octanol–water partition coefficient (Wildman–Crippen LogP) is 2.81. The van der Waals surface area contributed by atoms with Crippen LogP contribution in [0.4, 0.5) is 0 Å². The molecule has 0 aromatic heterocycles. The van der Waals surface area contributed by atoms with Crippen LogP contribution in [0.5, 0.6) is 0 Å². The number of aliphatic imine (C=N–C) groups is 1. The van der Waals surface area contributed by atoms with Gasteiger partial charge in [-0.25, -0.2) is 4.99 Å². The molecule has 0 unspecified atom stereocenters. The van der Waals surface area contributed by atoms with Gasteiger partial charge in [0.1, 0.15) is 0 Å². The smallest absolute Gasteiger partial charge is 0.0617 e. The van der Waals surface area contributed by atoms with Gasteiger partial charge in [-0.1, -0.05) is 13.3 Å². The third kappa shape index (κ3) is 7.45. The average Bonchev–Trinajstić information content (AvgIpc) is 1.78. The Morgan fingerprint density at radius 1 is 1.40 bits per heavy atom. The molecule has 0 spiro atoms. The van der Waals surface area contributed by atoms with Gasteiger partial charge >= 0.3 is 0 Å². The molecule has 0 aromatic carbocycles. The first-order valence-electron chi connectivity index (χ1n) is 3.85. The largest absolute Gasteiger partial charge is 0.238 e. The second-order valence-electron chi connectivity index (χ2n) is 3.40. The molecule has 0 saturated carbocycles. The Morgan fingerprint density at radius 2 is 2.00 bits per heavy atom. The number of allylic oxidation sites excluding steroid dienone is 1. The maximum Gasteiger partial charge on any atom is 0.0617 e. The summed E-state index contributed by atoms with van der Waals surface area (Å²) in [5.74, 6) is 2.93. The van der Waals surface area contributed by atoms with Gasteiger partial charge in [0.15, 0.2) is 0 Å². The van der Waals surface area contributed by atoms with Crippen molar-refractivity contribution in [3.8, 4) is 0 Å². The van der Waals surface area contributed by atoms with Crippen molar-refractivity contribution in [2.75, 3.05) is 0 Å². The molecule has 0 aliphatic carbocycles. The Balaban J connectivity index is 3.74. The van der Waals surface area contributed by atoms with Gasteiger partial charge < -0.3 is 0 Å². The van der Waals surface area contributed by atoms with E-state index in [9.17, 15) is 0 Å². The minimum atomic E-state index is 0.0320. The van der Waals surface area contributed by atoms with E-state index >= 15 is 0 Å². The van der Waals surface area contributed by atoms with Gasteiger partial charge in [0.05, 0.1) is 5.54 Å². The van der Waals surface area contributed by atoms with E-state index < -0.39 is 0 Å². The number of rotatable bonds is 2. The van der Waals surface area contributed by atoms with Gasteiger partial charge in [0.2, 0.25) is 0 Å². The molecule has 1 nitrogen and oxygen atoms in total. The first-order chi connectivity index (χ1) is 4.56. The van der Waals surface area contributed by atoms with Crippen LogP contribution in [-0.4, -0.2) is 11.4 Å². The van der Waals surface area contributed by atoms with Crippen LogP contribution >= 0.6 is 0 Å². The van der Waals surface area contributed by atoms with Gasteiger partial charge in [0.25, 0.3) is 0 Å². The highest BCUT2D eigenvalue weighted by atomic mass is 14.8. The summed E-state index contributed by atoms with van der Waals surface area (Å²) < 4.78 is 0. The molecule has 0 radical (unpaired) electrons. The van der Waals surface area contributed by atoms with E-state index in [1.165, 1.54) is 6.42 Å². The van der Waals surface area contributed by atoms with Crippen LogP contribution in [0, 0.1) is 0 Å². The molecule has 0 aliphatic heterocycles. The Bertz CT molecular complexity index is 133. The summed E-state index contributed by atoms with van der Waals surface area (Å²) in [6, 6.07) is 0. The van der Waals surface area contributed by atoms with E-state index in [0.29, 0.717) is 0 Å². The highest BCUT2D eigenvalue weighted by molar-refractivity contribution is 5.52. The highest BCUT2D eigenvalue weighted by Crippen LogP contribution is 2.03. The van der Waals surface area contributed by atoms with Crippen LogP contribution < -0.4 is 0 Å². The summed E-state index contributed by atoms with van der Waals surface area (Å²) in [6.07, 6.45) is 4.25. The van der Waals surface area contributed by atoms with Crippen molar-refractivity contribution in [2.24, 2.45) is 4.99 Å². The van der Waals surface area contributed by atoms with Crippen LogP contribution in [0.15, 0.2) is 11.1 Å². The monoisotopic (exact) mass is 139 g/mol. The fraction of sp³-hybridized carbons (Fsp3) is 0.778. The number of unbranched alkanes of at least 4 members (excludes halogenated alkanes) is 1. The first-order valence-corrected chi connectivity index (χ1v) is 3.85. The topological polar surface area (TPSA) is 12.4 Å². The average molecular weight is 139 g/mol. The molecular weight excluding hydrogens is 122 g/mol. The minimum Gasteiger partial charge on any atom is -0.238 e. The highest BCUT2D eigenvalue weighted by Gasteiger charge is 2.03. The van der Waals surface area contributed by atoms with Gasteiger partial charge in [0, 0.05) is 0 Å². The SMILES string of the molecule is CCCC=C=NC(C)(C)C. The zero-order valence-electron chi connectivity index (χ0n) is 7.44. The normalized spacial score (nSPS) is 10.4. The van der Waals surface area contributed by atoms with Crippen LogP contribution in [0.25, 0.3) is 0 Å². The number of hydrogen-bond donors (Lipinski definition) is 0. The fourth-order valence-corrected chi connectivity index (χ4v) is 0.448. The van der Waals surface area contributed by atoms with Gasteiger partial charge in [-0.2, -0.15) is 0 Å². The lowest BCUT2D eigenvalue weighted by molar-refractivity contribution is 0.587. The maximum atomic E-state index is 4.19. The molecule has 0 atom stereocenters. The molecule has 10 heavy (non-hydrogen) atoms. The van der Waals surface area contributed by atoms with Crippen molar-refractivity contribution in [3.63, 3.8) is 0 Å². The second kappa shape index (κ2) is 4.29. The molecule has 0 bridgehead atoms. The van der Waals surface area contributed by atoms with Gasteiger partial charge in [-0.15, -0.1) is 0 Å². The lowest BCUT2D eigenvalue weighted by atomic mass is 10.1. The van der Waals surface area contributed by atoms with Crippen LogP contribution in [0.1, 0.15) is 40.5 Å². The fourth-order valence-electron chi connectivity index (χ4n) is 0.448. The van der Waals surface area contributed by atoms with E-state index in [1.807, 2.05) is 6.08 Å². The summed E-state index contributed by atoms with van der Waals surface area (Å²) >= 11 is 0. The van der Waals surface area contributed by atoms with Crippen molar-refractivity contribution in [2.45, 2.75) is 46.1 Å². The van der Waals surface area contributed by atoms with E-state index in [0.717, 1.165) is 6.42 Å². The van der Waals surface area contributed by atoms with Crippen LogP contribution in [-0.2, 0) is 0 Å². The van der Waals surface area contributed by atoms with Crippen molar-refractivity contribution in [3.05, 3.63) is 6.08 Å². The van der Waals surface area contributed by atoms with Crippen LogP contribution in [0.3, 0.4) is 0 Å². The number of hydrogen-bond acceptors (Lipinski definition) is 1. The first kappa shape index (κ1) is 9.45. The Hall–Kier alpha value is -0.550. The summed E-state index contributed by atoms with van der Waals surface area (Å²) in [4.78, 5) is 4.19. The maximum absolute atomic E-state index is 4.19. The number of nitrogens with zero attached hydrogens (tertiary/aromatic N) is 1. The van der Waals surface area contributed by atoms with Gasteiger partial charge in [-0.3, -0.25) is 0 Å². The van der Waals surface area contributed by atoms with E-state index in [-0.39, 0.29) is 5.54 Å². The van der Waals surface area contributed by atoms with Crippen LogP contribution in [0.2, 0.25) is 0 Å². The summed E-state index contributed by atoms with van der Waals surface area (Å²) in [5.41, 5.74) is 0.0320. The van der Waals surface area contributed by atoms with Crippen molar-refractivity contribution in [1.82, 2.24) is 0 Å². The third-order valence-corrected chi connectivity index (χ3v) is 0.924. The van der Waals surface area contributed by atoms with Crippen molar-refractivity contribution in [1.29, 1.82) is 0 Å². The quantitative estimate of drug-likeness (QED) is 0.522. The molecule has 0 fully saturated rings. The summed E-state index contributed by atoms with van der Waals surface area (Å²) in [7, 11) is 0. The lowest BCUT2D eigenvalue weighted by Crippen LogP contribution is -2.07. The standard InChI is InChI=1S/C9H17N/c1-5-6-7-8-10-9(2,3)4/h7H,5-6H2,1-4H3. The molecule has 1 heteroatoms. The lowest BCUT2D eigenvalue weighted by Gasteiger charge is -2.07. The second-order valence-corrected chi connectivity index (χ2v) is 3.40. The summed E-state index contributed by atoms with van der Waals surface area (Å²) in [6.45, 7) is 8.36. The molecule has 0 heterocycles. The van der Waals surface area contributed by atoms with E-state index in [4.69, 9.17) is 0 Å². The molecule has 0 N–H and O–H groups in total. The summed E-state index contributed by atoms with van der Waals surface area (Å²) in [5, 5.41) is 0. The molecule has 0 aliphatic rings. The predicted molar refractivity (Wildman–Crippen MR) is 46.7 cm³/mol. The van der Waals surface area contributed by atoms with Gasteiger partial charge in [-0.05, 0) is 39.1 Å². The Labute approximate surface area is 63.9 Å². The van der Waals surface area contributed by atoms with Crippen molar-refractivity contribution < 1.29 is 0 Å². The van der Waals surface area contributed by atoms with Crippen molar-refractivity contribution >= 4 is 5.87 Å². The Morgan fingerprint density at radius 3 is 2.40 bits per heavy atom. The molecule has 0 aromatic rings. The molecule has 58 valence electrons. The third-order valence-electron chi connectivity index (χ3n) is 0.924. The molecular formula is C9H17N. The zero-order chi connectivity index (χ0) is 8.04. The minimum absolute atomic E-state index is 0.0320. The molecule has 0 amide bonds. The molecule has 0 rings (SSSR count). The molecule has 0 saturated heterocycles. The zero-order valence-corrected chi connectivity index (χ0v) is 7.44. The van der Waals surface area contributed by atoms with E-state index in [1.54, 1.807) is 0 Å². The Kier molecular flexibility index (Phi) is 4.06.